The molecule has 0 spiro atoms. The maximum absolute atomic E-state index is 12.5. The summed E-state index contributed by atoms with van der Waals surface area (Å²) in [4.78, 5) is 67.9. The average molecular weight is 371 g/mol. The summed E-state index contributed by atoms with van der Waals surface area (Å²) >= 11 is 0. The Morgan fingerprint density at radius 2 is 1.04 bits per heavy atom. The molecule has 0 bridgehead atoms. The van der Waals surface area contributed by atoms with E-state index in [-0.39, 0.29) is 11.1 Å². The van der Waals surface area contributed by atoms with Gasteiger partial charge in [-0.25, -0.2) is 14.4 Å². The van der Waals surface area contributed by atoms with E-state index in [1.54, 1.807) is 0 Å². The Morgan fingerprint density at radius 3 is 1.44 bits per heavy atom. The lowest BCUT2D eigenvalue weighted by atomic mass is 9.95. The van der Waals surface area contributed by atoms with Gasteiger partial charge in [0.15, 0.2) is 5.78 Å². The molecular weight excluding hydrogens is 362 g/mol. The van der Waals surface area contributed by atoms with Crippen molar-refractivity contribution in [3.05, 3.63) is 74.7 Å². The van der Waals surface area contributed by atoms with Crippen molar-refractivity contribution in [2.45, 2.75) is 0 Å². The van der Waals surface area contributed by atoms with Crippen LogP contribution in [0.25, 0.3) is 0 Å². The highest BCUT2D eigenvalue weighted by atomic mass is 16.4. The summed E-state index contributed by atoms with van der Waals surface area (Å²) in [5, 5.41) is 29.3. The minimum Gasteiger partial charge on any atom is -0.478 e. The standard InChI is InChI=1S/C17H9NO9/c19-13(8-2-4-10(16(23)24)12(6-8)17(25)26)7-1-3-9(15(21)22)11(5-7)14(20)18-27/h1-6H,(H,21,22)(H,23,24)(H,25,26). The molecule has 0 aliphatic heterocycles. The molecule has 136 valence electrons. The van der Waals surface area contributed by atoms with Gasteiger partial charge < -0.3 is 15.3 Å². The molecule has 0 fully saturated rings. The van der Waals surface area contributed by atoms with Crippen LogP contribution in [0.15, 0.2) is 41.6 Å². The number of carboxylic acid groups (broad SMARTS) is 3. The van der Waals surface area contributed by atoms with Crippen LogP contribution in [0.1, 0.15) is 57.4 Å². The summed E-state index contributed by atoms with van der Waals surface area (Å²) in [6.45, 7) is 0. The SMILES string of the molecule is O=NC(=O)c1cc(C(=O)c2ccc(C(=O)O)c(C(=O)O)c2)ccc1C(=O)O. The Balaban J connectivity index is 2.58. The molecule has 1 amide bonds. The molecule has 27 heavy (non-hydrogen) atoms. The number of aromatic carboxylic acids is 3. The molecule has 0 aromatic heterocycles. The Labute approximate surface area is 149 Å². The first-order valence-electron chi connectivity index (χ1n) is 7.07. The highest BCUT2D eigenvalue weighted by molar-refractivity contribution is 6.13. The molecule has 2 aromatic rings. The van der Waals surface area contributed by atoms with Gasteiger partial charge in [0.2, 0.25) is 0 Å². The van der Waals surface area contributed by atoms with E-state index in [9.17, 15) is 28.9 Å². The van der Waals surface area contributed by atoms with E-state index in [1.165, 1.54) is 0 Å². The maximum Gasteiger partial charge on any atom is 0.336 e. The molecule has 0 radical (unpaired) electrons. The first-order chi connectivity index (χ1) is 12.7. The number of carboxylic acids is 3. The molecule has 3 N–H and O–H groups in total. The monoisotopic (exact) mass is 371 g/mol. The third kappa shape index (κ3) is 3.74. The van der Waals surface area contributed by atoms with Gasteiger partial charge in [-0.05, 0) is 24.3 Å². The van der Waals surface area contributed by atoms with E-state index >= 15 is 0 Å². The topological polar surface area (TPSA) is 175 Å². The molecule has 0 saturated heterocycles. The van der Waals surface area contributed by atoms with Gasteiger partial charge in [-0.15, -0.1) is 4.91 Å². The van der Waals surface area contributed by atoms with Gasteiger partial charge in [0.25, 0.3) is 0 Å². The second kappa shape index (κ2) is 7.35. The van der Waals surface area contributed by atoms with Gasteiger partial charge in [0.05, 0.1) is 22.3 Å². The third-order valence-electron chi connectivity index (χ3n) is 3.57. The molecule has 0 heterocycles. The van der Waals surface area contributed by atoms with Crippen LogP contribution >= 0.6 is 0 Å². The fraction of sp³-hybridized carbons (Fsp3) is 0. The number of hydrogen-bond donors (Lipinski definition) is 3. The van der Waals surface area contributed by atoms with Gasteiger partial charge in [-0.3, -0.25) is 9.59 Å². The van der Waals surface area contributed by atoms with Crippen molar-refractivity contribution in [1.29, 1.82) is 0 Å². The molecule has 0 aliphatic rings. The Hall–Kier alpha value is -4.21. The zero-order valence-electron chi connectivity index (χ0n) is 13.2. The van der Waals surface area contributed by atoms with E-state index in [0.29, 0.717) is 0 Å². The molecule has 2 aromatic carbocycles. The van der Waals surface area contributed by atoms with Crippen molar-refractivity contribution in [1.82, 2.24) is 0 Å². The van der Waals surface area contributed by atoms with Gasteiger partial charge in [-0.2, -0.15) is 0 Å². The van der Waals surface area contributed by atoms with Crippen LogP contribution in [-0.4, -0.2) is 44.9 Å². The molecule has 10 heteroatoms. The van der Waals surface area contributed by atoms with Crippen molar-refractivity contribution >= 4 is 29.6 Å². The zero-order chi connectivity index (χ0) is 20.3. The fourth-order valence-corrected chi connectivity index (χ4v) is 2.31. The number of benzene rings is 2. The van der Waals surface area contributed by atoms with Crippen LogP contribution in [0.4, 0.5) is 0 Å². The van der Waals surface area contributed by atoms with Crippen molar-refractivity contribution in [2.24, 2.45) is 5.18 Å². The minimum absolute atomic E-state index is 0.210. The number of nitrogens with zero attached hydrogens (tertiary/aromatic N) is 1. The van der Waals surface area contributed by atoms with Crippen LogP contribution in [0.3, 0.4) is 0 Å². The summed E-state index contributed by atoms with van der Waals surface area (Å²) in [7, 11) is 0. The van der Waals surface area contributed by atoms with Crippen molar-refractivity contribution in [3.63, 3.8) is 0 Å². The van der Waals surface area contributed by atoms with E-state index < -0.39 is 51.9 Å². The van der Waals surface area contributed by atoms with E-state index in [0.717, 1.165) is 36.4 Å². The van der Waals surface area contributed by atoms with Gasteiger partial charge in [0.1, 0.15) is 0 Å². The van der Waals surface area contributed by atoms with E-state index in [2.05, 4.69) is 5.18 Å². The number of ketones is 1. The lowest BCUT2D eigenvalue weighted by Crippen LogP contribution is -2.12. The number of rotatable bonds is 6. The predicted molar refractivity (Wildman–Crippen MR) is 87.3 cm³/mol. The minimum atomic E-state index is -1.57. The molecule has 2 rings (SSSR count). The molecule has 0 saturated carbocycles. The van der Waals surface area contributed by atoms with Crippen molar-refractivity contribution < 1.29 is 39.3 Å². The highest BCUT2D eigenvalue weighted by Gasteiger charge is 2.22. The van der Waals surface area contributed by atoms with Crippen LogP contribution in [-0.2, 0) is 0 Å². The second-order valence-electron chi connectivity index (χ2n) is 5.16. The van der Waals surface area contributed by atoms with Crippen molar-refractivity contribution in [3.8, 4) is 0 Å². The summed E-state index contributed by atoms with van der Waals surface area (Å²) in [5.74, 6) is -6.78. The number of carbonyl (C=O) groups excluding carboxylic acids is 2. The first kappa shape index (κ1) is 19.1. The fourth-order valence-electron chi connectivity index (χ4n) is 2.31. The van der Waals surface area contributed by atoms with Crippen LogP contribution in [0.2, 0.25) is 0 Å². The third-order valence-corrected chi connectivity index (χ3v) is 3.57. The normalized spacial score (nSPS) is 10.1. The second-order valence-corrected chi connectivity index (χ2v) is 5.16. The number of amides is 1. The Bertz CT molecular complexity index is 1020. The number of hydrogen-bond acceptors (Lipinski definition) is 6. The predicted octanol–water partition coefficient (Wildman–Crippen LogP) is 1.92. The molecule has 0 atom stereocenters. The average Bonchev–Trinajstić information content (AvgIpc) is 2.65. The number of carbonyl (C=O) groups is 5. The maximum atomic E-state index is 12.5. The first-order valence-corrected chi connectivity index (χ1v) is 7.07. The molecule has 0 aliphatic carbocycles. The van der Waals surface area contributed by atoms with Crippen LogP contribution in [0, 0.1) is 4.91 Å². The summed E-state index contributed by atoms with van der Waals surface area (Å²) in [5.41, 5.74) is -2.72. The van der Waals surface area contributed by atoms with Crippen LogP contribution < -0.4 is 0 Å². The quantitative estimate of drug-likeness (QED) is 0.505. The lowest BCUT2D eigenvalue weighted by molar-refractivity contribution is 0.0651. The molecule has 0 unspecified atom stereocenters. The van der Waals surface area contributed by atoms with Gasteiger partial charge in [0, 0.05) is 16.3 Å². The Kier molecular flexibility index (Phi) is 5.21. The Morgan fingerprint density at radius 1 is 0.630 bits per heavy atom. The number of nitroso groups, excluding NO2 is 1. The van der Waals surface area contributed by atoms with Gasteiger partial charge in [-0.1, -0.05) is 12.1 Å². The van der Waals surface area contributed by atoms with Crippen molar-refractivity contribution in [2.75, 3.05) is 0 Å². The summed E-state index contributed by atoms with van der Waals surface area (Å²) in [6.07, 6.45) is 0. The van der Waals surface area contributed by atoms with E-state index in [1.807, 2.05) is 0 Å². The highest BCUT2D eigenvalue weighted by Crippen LogP contribution is 2.19. The summed E-state index contributed by atoms with van der Waals surface area (Å²) < 4.78 is 0. The lowest BCUT2D eigenvalue weighted by Gasteiger charge is -2.07. The van der Waals surface area contributed by atoms with E-state index in [4.69, 9.17) is 15.3 Å². The smallest absolute Gasteiger partial charge is 0.336 e. The zero-order valence-corrected chi connectivity index (χ0v) is 13.2. The molecular formula is C17H9NO9. The van der Waals surface area contributed by atoms with Gasteiger partial charge >= 0.3 is 23.8 Å². The largest absolute Gasteiger partial charge is 0.478 e. The molecule has 10 nitrogen and oxygen atoms in total. The van der Waals surface area contributed by atoms with Crippen LogP contribution in [0.5, 0.6) is 0 Å². The summed E-state index contributed by atoms with van der Waals surface area (Å²) in [6, 6.07) is 5.70.